The molecule has 1 N–H and O–H groups in total. The Morgan fingerprint density at radius 2 is 1.89 bits per heavy atom. The number of methoxy groups -OCH3 is 2. The van der Waals surface area contributed by atoms with E-state index < -0.39 is 17.6 Å². The van der Waals surface area contributed by atoms with Crippen molar-refractivity contribution in [2.75, 3.05) is 19.5 Å². The standard InChI is InChI=1S/C19H15F3N2O3/c1-26-16-7-6-12(17(10-16)27-2)8-13(11-23)18(25)24-15-5-3-4-14(9-15)19(20,21)22/h3-10H,1-2H3,(H,24,25). The first kappa shape index (κ1) is 19.8. The number of hydrogen-bond acceptors (Lipinski definition) is 4. The number of halogens is 3. The lowest BCUT2D eigenvalue weighted by atomic mass is 10.1. The van der Waals surface area contributed by atoms with Gasteiger partial charge < -0.3 is 14.8 Å². The van der Waals surface area contributed by atoms with E-state index in [4.69, 9.17) is 9.47 Å². The van der Waals surface area contributed by atoms with Crippen LogP contribution in [-0.4, -0.2) is 20.1 Å². The lowest BCUT2D eigenvalue weighted by Gasteiger charge is -2.10. The van der Waals surface area contributed by atoms with Crippen molar-refractivity contribution < 1.29 is 27.4 Å². The quantitative estimate of drug-likeness (QED) is 0.625. The summed E-state index contributed by atoms with van der Waals surface area (Å²) in [4.78, 5) is 12.3. The summed E-state index contributed by atoms with van der Waals surface area (Å²) in [6.07, 6.45) is -3.26. The van der Waals surface area contributed by atoms with Crippen LogP contribution in [0.4, 0.5) is 18.9 Å². The largest absolute Gasteiger partial charge is 0.497 e. The molecule has 0 radical (unpaired) electrons. The van der Waals surface area contributed by atoms with E-state index in [0.717, 1.165) is 12.1 Å². The summed E-state index contributed by atoms with van der Waals surface area (Å²) in [5.41, 5.74) is -0.831. The average Bonchev–Trinajstić information content (AvgIpc) is 2.65. The lowest BCUT2D eigenvalue weighted by Crippen LogP contribution is -2.14. The fraction of sp³-hybridized carbons (Fsp3) is 0.158. The number of hydrogen-bond donors (Lipinski definition) is 1. The molecule has 0 saturated carbocycles. The van der Waals surface area contributed by atoms with Gasteiger partial charge in [-0.3, -0.25) is 4.79 Å². The van der Waals surface area contributed by atoms with Gasteiger partial charge in [-0.2, -0.15) is 18.4 Å². The number of carbonyl (C=O) groups is 1. The molecule has 2 rings (SSSR count). The Morgan fingerprint density at radius 1 is 1.15 bits per heavy atom. The fourth-order valence-electron chi connectivity index (χ4n) is 2.21. The number of amides is 1. The van der Waals surface area contributed by atoms with Crippen molar-refractivity contribution in [1.82, 2.24) is 0 Å². The SMILES string of the molecule is COc1ccc(C=C(C#N)C(=O)Nc2cccc(C(F)(F)F)c2)c(OC)c1. The van der Waals surface area contributed by atoms with Crippen LogP contribution in [0.25, 0.3) is 6.08 Å². The molecule has 0 spiro atoms. The summed E-state index contributed by atoms with van der Waals surface area (Å²) in [5.74, 6) is 0.0552. The smallest absolute Gasteiger partial charge is 0.416 e. The molecular formula is C19H15F3N2O3. The van der Waals surface area contributed by atoms with E-state index in [0.29, 0.717) is 17.1 Å². The molecule has 0 aliphatic rings. The molecule has 0 bridgehead atoms. The highest BCUT2D eigenvalue weighted by Crippen LogP contribution is 2.31. The van der Waals surface area contributed by atoms with Crippen molar-refractivity contribution >= 4 is 17.7 Å². The Bertz CT molecular complexity index is 915. The number of benzene rings is 2. The van der Waals surface area contributed by atoms with Gasteiger partial charge in [-0.15, -0.1) is 0 Å². The van der Waals surface area contributed by atoms with E-state index in [1.807, 2.05) is 0 Å². The molecule has 2 aromatic rings. The van der Waals surface area contributed by atoms with Gasteiger partial charge >= 0.3 is 6.18 Å². The van der Waals surface area contributed by atoms with Crippen molar-refractivity contribution in [3.8, 4) is 17.6 Å². The molecule has 140 valence electrons. The topological polar surface area (TPSA) is 71.3 Å². The molecule has 0 atom stereocenters. The van der Waals surface area contributed by atoms with Gasteiger partial charge in [0.2, 0.25) is 0 Å². The fourth-order valence-corrected chi connectivity index (χ4v) is 2.21. The molecule has 0 aromatic heterocycles. The minimum atomic E-state index is -4.54. The molecule has 0 aliphatic heterocycles. The highest BCUT2D eigenvalue weighted by molar-refractivity contribution is 6.09. The maximum Gasteiger partial charge on any atom is 0.416 e. The number of alkyl halides is 3. The third kappa shape index (κ3) is 5.01. The van der Waals surface area contributed by atoms with Crippen molar-refractivity contribution in [2.24, 2.45) is 0 Å². The molecule has 0 saturated heterocycles. The molecule has 27 heavy (non-hydrogen) atoms. The van der Waals surface area contributed by atoms with Gasteiger partial charge in [0.25, 0.3) is 5.91 Å². The van der Waals surface area contributed by atoms with E-state index in [9.17, 15) is 23.2 Å². The maximum atomic E-state index is 12.8. The number of ether oxygens (including phenoxy) is 2. The predicted octanol–water partition coefficient (Wildman–Crippen LogP) is 4.27. The number of carbonyl (C=O) groups excluding carboxylic acids is 1. The van der Waals surface area contributed by atoms with Gasteiger partial charge in [0.1, 0.15) is 23.1 Å². The minimum Gasteiger partial charge on any atom is -0.497 e. The van der Waals surface area contributed by atoms with Crippen LogP contribution in [-0.2, 0) is 11.0 Å². The molecule has 0 fully saturated rings. The summed E-state index contributed by atoms with van der Waals surface area (Å²) >= 11 is 0. The van der Waals surface area contributed by atoms with E-state index in [1.165, 1.54) is 32.4 Å². The van der Waals surface area contributed by atoms with Crippen LogP contribution in [0.15, 0.2) is 48.0 Å². The van der Waals surface area contributed by atoms with Crippen molar-refractivity contribution in [3.63, 3.8) is 0 Å². The molecule has 8 heteroatoms. The van der Waals surface area contributed by atoms with E-state index >= 15 is 0 Å². The summed E-state index contributed by atoms with van der Waals surface area (Å²) < 4.78 is 48.6. The third-order valence-corrected chi connectivity index (χ3v) is 3.55. The van der Waals surface area contributed by atoms with Gasteiger partial charge in [-0.1, -0.05) is 6.07 Å². The normalized spacial score (nSPS) is 11.5. The Labute approximate surface area is 153 Å². The number of anilines is 1. The number of nitriles is 1. The zero-order valence-electron chi connectivity index (χ0n) is 14.4. The van der Waals surface area contributed by atoms with Gasteiger partial charge in [0, 0.05) is 17.3 Å². The summed E-state index contributed by atoms with van der Waals surface area (Å²) in [6.45, 7) is 0. The molecule has 1 amide bonds. The average molecular weight is 376 g/mol. The van der Waals surface area contributed by atoms with E-state index in [1.54, 1.807) is 24.3 Å². The summed E-state index contributed by atoms with van der Waals surface area (Å²) in [6, 6.07) is 10.7. The van der Waals surface area contributed by atoms with Crippen LogP contribution in [0.5, 0.6) is 11.5 Å². The predicted molar refractivity (Wildman–Crippen MR) is 93.2 cm³/mol. The number of nitrogens with one attached hydrogen (secondary N) is 1. The van der Waals surface area contributed by atoms with Crippen molar-refractivity contribution in [2.45, 2.75) is 6.18 Å². The highest BCUT2D eigenvalue weighted by atomic mass is 19.4. The molecule has 0 aliphatic carbocycles. The second kappa shape index (κ2) is 8.27. The van der Waals surface area contributed by atoms with Gasteiger partial charge in [0.05, 0.1) is 19.8 Å². The van der Waals surface area contributed by atoms with Gasteiger partial charge in [-0.05, 0) is 36.4 Å². The van der Waals surface area contributed by atoms with Gasteiger partial charge in [-0.25, -0.2) is 0 Å². The molecule has 0 heterocycles. The first-order valence-electron chi connectivity index (χ1n) is 7.61. The second-order valence-corrected chi connectivity index (χ2v) is 5.31. The Morgan fingerprint density at radius 3 is 2.48 bits per heavy atom. The zero-order chi connectivity index (χ0) is 20.0. The van der Waals surface area contributed by atoms with Crippen LogP contribution in [0, 0.1) is 11.3 Å². The number of nitrogens with zero attached hydrogens (tertiary/aromatic N) is 1. The van der Waals surface area contributed by atoms with Crippen molar-refractivity contribution in [3.05, 3.63) is 59.2 Å². The third-order valence-electron chi connectivity index (χ3n) is 3.55. The van der Waals surface area contributed by atoms with Crippen LogP contribution in [0.3, 0.4) is 0 Å². The Hall–Kier alpha value is -3.47. The monoisotopic (exact) mass is 376 g/mol. The van der Waals surface area contributed by atoms with Crippen molar-refractivity contribution in [1.29, 1.82) is 5.26 Å². The molecule has 2 aromatic carbocycles. The minimum absolute atomic E-state index is 0.0716. The van der Waals surface area contributed by atoms with Crippen LogP contribution in [0.2, 0.25) is 0 Å². The summed E-state index contributed by atoms with van der Waals surface area (Å²) in [5, 5.41) is 11.5. The van der Waals surface area contributed by atoms with E-state index in [-0.39, 0.29) is 11.3 Å². The van der Waals surface area contributed by atoms with Crippen LogP contribution < -0.4 is 14.8 Å². The lowest BCUT2D eigenvalue weighted by molar-refractivity contribution is -0.137. The molecule has 0 unspecified atom stereocenters. The first-order valence-corrected chi connectivity index (χ1v) is 7.61. The van der Waals surface area contributed by atoms with Crippen LogP contribution in [0.1, 0.15) is 11.1 Å². The second-order valence-electron chi connectivity index (χ2n) is 5.31. The van der Waals surface area contributed by atoms with Gasteiger partial charge in [0.15, 0.2) is 0 Å². The molecular weight excluding hydrogens is 361 g/mol. The highest BCUT2D eigenvalue weighted by Gasteiger charge is 2.30. The maximum absolute atomic E-state index is 12.8. The van der Waals surface area contributed by atoms with E-state index in [2.05, 4.69) is 5.32 Å². The summed E-state index contributed by atoms with van der Waals surface area (Å²) in [7, 11) is 2.90. The first-order chi connectivity index (χ1) is 12.8. The Kier molecular flexibility index (Phi) is 6.08. The zero-order valence-corrected chi connectivity index (χ0v) is 14.4. The number of rotatable bonds is 5. The van der Waals surface area contributed by atoms with Crippen LogP contribution >= 0.6 is 0 Å². The molecule has 5 nitrogen and oxygen atoms in total. The Balaban J connectivity index is 2.29.